The van der Waals surface area contributed by atoms with Crippen molar-refractivity contribution in [2.24, 2.45) is 0 Å². The van der Waals surface area contributed by atoms with Gasteiger partial charge >= 0.3 is 6.09 Å². The predicted octanol–water partition coefficient (Wildman–Crippen LogP) is 3.99. The predicted molar refractivity (Wildman–Crippen MR) is 83.7 cm³/mol. The van der Waals surface area contributed by atoms with E-state index in [0.717, 1.165) is 12.1 Å². The molecule has 108 valence electrons. The highest BCUT2D eigenvalue weighted by Gasteiger charge is 2.39. The van der Waals surface area contributed by atoms with Crippen molar-refractivity contribution in [3.05, 3.63) is 65.7 Å². The summed E-state index contributed by atoms with van der Waals surface area (Å²) in [5, 5.41) is 0. The number of hydrogen-bond donors (Lipinski definition) is 0. The minimum Gasteiger partial charge on any atom is -0.452 e. The number of ether oxygens (including phenoxy) is 1. The van der Waals surface area contributed by atoms with Gasteiger partial charge in [-0.25, -0.2) is 4.79 Å². The van der Waals surface area contributed by atoms with Crippen LogP contribution >= 0.6 is 0 Å². The number of anilines is 1. The van der Waals surface area contributed by atoms with Crippen LogP contribution in [0.1, 0.15) is 24.0 Å². The average molecular weight is 281 g/mol. The molecule has 0 spiro atoms. The van der Waals surface area contributed by atoms with Crippen molar-refractivity contribution in [1.82, 2.24) is 0 Å². The van der Waals surface area contributed by atoms with E-state index < -0.39 is 0 Å². The number of fused-ring (bicyclic) bond motifs is 1. The van der Waals surface area contributed by atoms with E-state index >= 15 is 0 Å². The summed E-state index contributed by atoms with van der Waals surface area (Å²) < 4.78 is 4.95. The quantitative estimate of drug-likeness (QED) is 0.833. The van der Waals surface area contributed by atoms with Crippen LogP contribution in [0.2, 0.25) is 0 Å². The van der Waals surface area contributed by atoms with Gasteiger partial charge in [-0.2, -0.15) is 0 Å². The molecule has 0 N–H and O–H groups in total. The van der Waals surface area contributed by atoms with Gasteiger partial charge in [0.05, 0.1) is 12.8 Å². The maximum absolute atomic E-state index is 12.1. The smallest absolute Gasteiger partial charge is 0.414 e. The lowest BCUT2D eigenvalue weighted by Gasteiger charge is -2.24. The maximum atomic E-state index is 12.1. The van der Waals surface area contributed by atoms with E-state index in [0.29, 0.717) is 5.92 Å². The van der Waals surface area contributed by atoms with Crippen molar-refractivity contribution in [2.45, 2.75) is 25.3 Å². The molecule has 0 saturated heterocycles. The largest absolute Gasteiger partial charge is 0.452 e. The third-order valence-electron chi connectivity index (χ3n) is 4.26. The molecular formula is C18H19NO2. The molecule has 1 heterocycles. The van der Waals surface area contributed by atoms with Gasteiger partial charge < -0.3 is 4.74 Å². The van der Waals surface area contributed by atoms with E-state index in [-0.39, 0.29) is 12.1 Å². The van der Waals surface area contributed by atoms with Gasteiger partial charge in [0.1, 0.15) is 0 Å². The highest BCUT2D eigenvalue weighted by atomic mass is 16.5. The van der Waals surface area contributed by atoms with Crippen LogP contribution in [0.25, 0.3) is 0 Å². The minimum absolute atomic E-state index is 0.0926. The number of rotatable bonds is 2. The Balaban J connectivity index is 1.97. The Morgan fingerprint density at radius 3 is 2.48 bits per heavy atom. The van der Waals surface area contributed by atoms with Gasteiger partial charge in [0.25, 0.3) is 0 Å². The molecule has 0 bridgehead atoms. The fourth-order valence-corrected chi connectivity index (χ4v) is 3.19. The van der Waals surface area contributed by atoms with Gasteiger partial charge in [-0.1, -0.05) is 48.5 Å². The van der Waals surface area contributed by atoms with E-state index in [2.05, 4.69) is 37.3 Å². The van der Waals surface area contributed by atoms with Gasteiger partial charge in [0.2, 0.25) is 0 Å². The van der Waals surface area contributed by atoms with E-state index in [9.17, 15) is 4.79 Å². The monoisotopic (exact) mass is 281 g/mol. The summed E-state index contributed by atoms with van der Waals surface area (Å²) in [5.41, 5.74) is 3.48. The fraction of sp³-hybridized carbons (Fsp3) is 0.278. The summed E-state index contributed by atoms with van der Waals surface area (Å²) in [6, 6.07) is 18.6. The minimum atomic E-state index is -0.287. The van der Waals surface area contributed by atoms with Crippen LogP contribution in [0.3, 0.4) is 0 Å². The second-order valence-corrected chi connectivity index (χ2v) is 5.44. The number of hydrogen-bond acceptors (Lipinski definition) is 2. The Bertz CT molecular complexity index is 639. The molecule has 2 atom stereocenters. The number of para-hydroxylation sites is 1. The van der Waals surface area contributed by atoms with Crippen molar-refractivity contribution in [3.63, 3.8) is 0 Å². The number of nitrogens with zero attached hydrogens (tertiary/aromatic N) is 1. The summed E-state index contributed by atoms with van der Waals surface area (Å²) in [5.74, 6) is 0.294. The summed E-state index contributed by atoms with van der Waals surface area (Å²) in [6.45, 7) is 2.09. The maximum Gasteiger partial charge on any atom is 0.414 e. The summed E-state index contributed by atoms with van der Waals surface area (Å²) >= 11 is 0. The molecular weight excluding hydrogens is 262 g/mol. The fourth-order valence-electron chi connectivity index (χ4n) is 3.19. The molecule has 3 nitrogen and oxygen atoms in total. The van der Waals surface area contributed by atoms with E-state index in [1.807, 2.05) is 24.3 Å². The standard InChI is InChI=1S/C18H19NO2/c1-13-16(12-14-8-4-3-5-9-14)15-10-6-7-11-17(15)19(13)18(20)21-2/h3-11,13,16H,12H2,1-2H3/t13-,16-/m1/s1. The third kappa shape index (κ3) is 2.40. The Hall–Kier alpha value is -2.29. The summed E-state index contributed by atoms with van der Waals surface area (Å²) in [6.07, 6.45) is 0.637. The first-order chi connectivity index (χ1) is 10.2. The second-order valence-electron chi connectivity index (χ2n) is 5.44. The Kier molecular flexibility index (Phi) is 3.65. The van der Waals surface area contributed by atoms with Crippen molar-refractivity contribution in [2.75, 3.05) is 12.0 Å². The first-order valence-corrected chi connectivity index (χ1v) is 7.22. The lowest BCUT2D eigenvalue weighted by Crippen LogP contribution is -2.37. The number of carbonyl (C=O) groups excluding carboxylic acids is 1. The Morgan fingerprint density at radius 1 is 1.10 bits per heavy atom. The molecule has 1 aliphatic heterocycles. The van der Waals surface area contributed by atoms with Crippen molar-refractivity contribution >= 4 is 11.8 Å². The van der Waals surface area contributed by atoms with Crippen LogP contribution in [0.5, 0.6) is 0 Å². The van der Waals surface area contributed by atoms with Crippen LogP contribution in [0.4, 0.5) is 10.5 Å². The molecule has 0 unspecified atom stereocenters. The highest BCUT2D eigenvalue weighted by Crippen LogP contribution is 2.42. The molecule has 3 heteroatoms. The molecule has 0 aliphatic carbocycles. The Morgan fingerprint density at radius 2 is 1.76 bits per heavy atom. The number of benzene rings is 2. The van der Waals surface area contributed by atoms with E-state index in [1.54, 1.807) is 4.90 Å². The zero-order chi connectivity index (χ0) is 14.8. The van der Waals surface area contributed by atoms with Crippen molar-refractivity contribution in [1.29, 1.82) is 0 Å². The van der Waals surface area contributed by atoms with Crippen LogP contribution < -0.4 is 4.90 Å². The Labute approximate surface area is 125 Å². The molecule has 0 aromatic heterocycles. The number of amides is 1. The van der Waals surface area contributed by atoms with Crippen LogP contribution in [-0.4, -0.2) is 19.2 Å². The molecule has 3 rings (SSSR count). The third-order valence-corrected chi connectivity index (χ3v) is 4.26. The topological polar surface area (TPSA) is 29.5 Å². The first kappa shape index (κ1) is 13.7. The molecule has 2 aromatic rings. The first-order valence-electron chi connectivity index (χ1n) is 7.22. The lowest BCUT2D eigenvalue weighted by molar-refractivity contribution is 0.176. The van der Waals surface area contributed by atoms with Crippen molar-refractivity contribution in [3.8, 4) is 0 Å². The molecule has 21 heavy (non-hydrogen) atoms. The number of methoxy groups -OCH3 is 1. The van der Waals surface area contributed by atoms with E-state index in [1.165, 1.54) is 18.2 Å². The zero-order valence-electron chi connectivity index (χ0n) is 12.3. The van der Waals surface area contributed by atoms with Crippen molar-refractivity contribution < 1.29 is 9.53 Å². The second kappa shape index (κ2) is 5.60. The SMILES string of the molecule is COC(=O)N1c2ccccc2[C@H](Cc2ccccc2)[C@H]1C. The van der Waals surface area contributed by atoms with Gasteiger partial charge in [-0.15, -0.1) is 0 Å². The molecule has 2 aromatic carbocycles. The molecule has 1 aliphatic rings. The highest BCUT2D eigenvalue weighted by molar-refractivity contribution is 5.91. The van der Waals surface area contributed by atoms with Gasteiger partial charge in [-0.3, -0.25) is 4.90 Å². The molecule has 1 amide bonds. The summed E-state index contributed by atoms with van der Waals surface area (Å²) in [7, 11) is 1.43. The van der Waals surface area contributed by atoms with Crippen LogP contribution in [0, 0.1) is 0 Å². The van der Waals surface area contributed by atoms with Gasteiger partial charge in [-0.05, 0) is 30.5 Å². The molecule has 0 fully saturated rings. The van der Waals surface area contributed by atoms with Gasteiger partial charge in [0, 0.05) is 12.0 Å². The van der Waals surface area contributed by atoms with Crippen LogP contribution in [-0.2, 0) is 11.2 Å². The summed E-state index contributed by atoms with van der Waals surface area (Å²) in [4.78, 5) is 13.9. The lowest BCUT2D eigenvalue weighted by atomic mass is 9.89. The van der Waals surface area contributed by atoms with Crippen LogP contribution in [0.15, 0.2) is 54.6 Å². The van der Waals surface area contributed by atoms with E-state index in [4.69, 9.17) is 4.74 Å². The number of carbonyl (C=O) groups is 1. The normalized spacial score (nSPS) is 20.2. The molecule has 0 radical (unpaired) electrons. The van der Waals surface area contributed by atoms with Gasteiger partial charge in [0.15, 0.2) is 0 Å². The zero-order valence-corrected chi connectivity index (χ0v) is 12.3. The average Bonchev–Trinajstić information content (AvgIpc) is 2.80. The molecule has 0 saturated carbocycles.